The first-order valence-corrected chi connectivity index (χ1v) is 43.2. The number of ether oxygens (including phenoxy) is 4. The Hall–Kier alpha value is -10.7. The number of halogens is 9. The Kier molecular flexibility index (Phi) is 24.2. The number of hydrogen-bond acceptors (Lipinski definition) is 19. The Labute approximate surface area is 759 Å². The lowest BCUT2D eigenvalue weighted by atomic mass is 9.80. The second kappa shape index (κ2) is 34.9. The highest BCUT2D eigenvalue weighted by molar-refractivity contribution is 6.59. The number of aryl methyl sites for hydroxylation is 1. The van der Waals surface area contributed by atoms with Crippen LogP contribution in [-0.2, 0) is 64.8 Å². The van der Waals surface area contributed by atoms with Gasteiger partial charge in [-0.3, -0.25) is 24.2 Å². The number of methoxy groups -OCH3 is 1. The third-order valence-electron chi connectivity index (χ3n) is 23.7. The molecule has 3 aromatic heterocycles. The lowest BCUT2D eigenvalue weighted by Crippen LogP contribution is -2.29. The van der Waals surface area contributed by atoms with Crippen molar-refractivity contribution in [2.24, 2.45) is 0 Å². The zero-order chi connectivity index (χ0) is 87.8. The van der Waals surface area contributed by atoms with Crippen molar-refractivity contribution in [3.05, 3.63) is 276 Å². The number of aromatic nitrogens is 3. The monoisotopic (exact) mass is 1860 g/mol. The molecule has 6 fully saturated rings. The van der Waals surface area contributed by atoms with Crippen molar-refractivity contribution in [3.63, 3.8) is 0 Å². The molecular weight excluding hydrogens is 1790 g/mol. The fourth-order valence-corrected chi connectivity index (χ4v) is 18.6. The maximum absolute atomic E-state index is 13.7. The second-order valence-corrected chi connectivity index (χ2v) is 35.4. The highest BCUT2D eigenvalue weighted by atomic mass is 35.5. The summed E-state index contributed by atoms with van der Waals surface area (Å²) in [6, 6.07) is 47.4. The first-order valence-electron chi connectivity index (χ1n) is 39.8. The number of rotatable bonds is 20. The van der Waals surface area contributed by atoms with Gasteiger partial charge in [-0.25, -0.2) is 9.59 Å². The second-order valence-electron chi connectivity index (χ2n) is 31.7. The van der Waals surface area contributed by atoms with E-state index in [4.69, 9.17) is 157 Å². The fraction of sp³-hybridized carbons (Fsp3) is 0.250. The minimum absolute atomic E-state index is 0.0149. The molecule has 3 amide bonds. The first-order chi connectivity index (χ1) is 60.2. The Morgan fingerprint density at radius 3 is 1.18 bits per heavy atom. The smallest absolute Gasteiger partial charge is 0.488 e. The van der Waals surface area contributed by atoms with Gasteiger partial charge in [-0.1, -0.05) is 150 Å². The van der Waals surface area contributed by atoms with Crippen molar-refractivity contribution < 1.29 is 81.2 Å². The van der Waals surface area contributed by atoms with Gasteiger partial charge in [-0.2, -0.15) is 9.59 Å². The number of nitrogens with one attached hydrogen (secondary N) is 1. The summed E-state index contributed by atoms with van der Waals surface area (Å²) in [7, 11) is -0.139. The fourth-order valence-electron chi connectivity index (χ4n) is 16.2. The van der Waals surface area contributed by atoms with Gasteiger partial charge in [0.2, 0.25) is 17.7 Å². The van der Waals surface area contributed by atoms with Crippen LogP contribution in [0.4, 0.5) is 28.4 Å². The molecule has 0 saturated heterocycles. The van der Waals surface area contributed by atoms with E-state index in [-0.39, 0.29) is 63.7 Å². The van der Waals surface area contributed by atoms with Crippen molar-refractivity contribution in [1.29, 1.82) is 0 Å². The zero-order valence-electron chi connectivity index (χ0n) is 66.2. The predicted octanol–water partition coefficient (Wildman–Crippen LogP) is 22.3. The van der Waals surface area contributed by atoms with Crippen LogP contribution in [0.15, 0.2) is 177 Å². The van der Waals surface area contributed by atoms with Crippen LogP contribution in [-0.4, -0.2) is 80.7 Å². The Morgan fingerprint density at radius 2 is 0.840 bits per heavy atom. The van der Waals surface area contributed by atoms with Crippen molar-refractivity contribution in [3.8, 4) is 51.0 Å². The summed E-state index contributed by atoms with van der Waals surface area (Å²) in [5, 5.41) is 46.6. The number of aromatic carboxylic acids is 1. The van der Waals surface area contributed by atoms with Gasteiger partial charge in [-0.05, 0) is 245 Å². The number of anilines is 5. The molecule has 3 aliphatic heterocycles. The number of amides is 3. The van der Waals surface area contributed by atoms with Crippen LogP contribution in [0.3, 0.4) is 0 Å². The Morgan fingerprint density at radius 1 is 0.472 bits per heavy atom. The lowest BCUT2D eigenvalue weighted by Gasteiger charge is -2.19. The molecule has 3 spiro atoms. The van der Waals surface area contributed by atoms with Crippen LogP contribution in [0, 0.1) is 6.92 Å². The molecule has 4 N–H and O–H groups in total. The van der Waals surface area contributed by atoms with Gasteiger partial charge in [0.15, 0.2) is 0 Å². The van der Waals surface area contributed by atoms with Gasteiger partial charge in [0.1, 0.15) is 71.4 Å². The molecule has 9 aromatic carbocycles. The molecule has 0 bridgehead atoms. The van der Waals surface area contributed by atoms with Crippen LogP contribution in [0.2, 0.25) is 45.2 Å². The molecule has 23 nitrogen and oxygen atoms in total. The highest BCUT2D eigenvalue weighted by Gasteiger charge is 2.61. The third kappa shape index (κ3) is 16.8. The molecule has 6 saturated carbocycles. The number of carboxylic acids is 1. The molecule has 636 valence electrons. The van der Waals surface area contributed by atoms with E-state index in [9.17, 15) is 29.1 Å². The average molecular weight is 1860 g/mol. The number of carboxylic acid groups (broad SMARTS) is 1. The summed E-state index contributed by atoms with van der Waals surface area (Å²) < 4.78 is 40.8. The SMILES string of the molecule is COC(=O)c1ccc(N2C(=O)C3(CC3)c3cc(OCc4c(-c5c(Cl)cccc5Cl)noc4C4CC4)ccc32)cc1Cl.Cc1ccc(B(O)O)cc1Cl.O=C(O)c1ccc(N2C(=O)C3(CC3)c3cc(OCc4c(-c5c(Cl)cccc5Cl)noc4C4CC4)ccc32)cc1Cl.O=C1Nc2ccc(OCc3c(-c4c(Cl)cccc4Cl)noc3C3CC3)cc2C12CC2.O=C=O. The summed E-state index contributed by atoms with van der Waals surface area (Å²) in [6.45, 7) is 2.55. The van der Waals surface area contributed by atoms with Gasteiger partial charge in [0.25, 0.3) is 0 Å². The van der Waals surface area contributed by atoms with E-state index >= 15 is 0 Å². The van der Waals surface area contributed by atoms with E-state index < -0.39 is 29.9 Å². The molecule has 21 rings (SSSR count). The summed E-state index contributed by atoms with van der Waals surface area (Å²) in [5.74, 6) is 3.71. The molecule has 6 aliphatic carbocycles. The quantitative estimate of drug-likeness (QED) is 0.0407. The minimum atomic E-state index is -1.44. The van der Waals surface area contributed by atoms with Crippen LogP contribution in [0.25, 0.3) is 33.8 Å². The summed E-state index contributed by atoms with van der Waals surface area (Å²) >= 11 is 57.2. The first kappa shape index (κ1) is 86.5. The summed E-state index contributed by atoms with van der Waals surface area (Å²) in [6.07, 6.45) is 11.2. The summed E-state index contributed by atoms with van der Waals surface area (Å²) in [5.41, 5.74) is 12.5. The zero-order valence-corrected chi connectivity index (χ0v) is 73.0. The van der Waals surface area contributed by atoms with Crippen molar-refractivity contribution in [2.45, 2.75) is 138 Å². The molecular formula is C92H70BCl9N6O17. The van der Waals surface area contributed by atoms with E-state index in [0.29, 0.717) is 122 Å². The molecule has 9 aliphatic rings. The average Bonchev–Trinajstić information content (AvgIpc) is 1.54. The van der Waals surface area contributed by atoms with Gasteiger partial charge >= 0.3 is 25.2 Å². The molecule has 0 radical (unpaired) electrons. The van der Waals surface area contributed by atoms with E-state index in [1.165, 1.54) is 19.2 Å². The summed E-state index contributed by atoms with van der Waals surface area (Å²) in [4.78, 5) is 82.5. The molecule has 33 heteroatoms. The molecule has 0 unspecified atom stereocenters. The number of benzene rings is 9. The highest BCUT2D eigenvalue weighted by Crippen LogP contribution is 2.63. The number of carbonyl (C=O) groups excluding carboxylic acids is 6. The molecule has 12 aromatic rings. The van der Waals surface area contributed by atoms with Crippen molar-refractivity contribution >= 4 is 181 Å². The molecule has 125 heavy (non-hydrogen) atoms. The largest absolute Gasteiger partial charge is 0.489 e. The molecule has 0 atom stereocenters. The van der Waals surface area contributed by atoms with Gasteiger partial charge in [-0.15, -0.1) is 0 Å². The van der Waals surface area contributed by atoms with E-state index in [0.717, 1.165) is 156 Å². The van der Waals surface area contributed by atoms with E-state index in [1.807, 2.05) is 61.5 Å². The molecule has 6 heterocycles. The third-order valence-corrected chi connectivity index (χ3v) is 26.6. The van der Waals surface area contributed by atoms with Crippen LogP contribution >= 0.6 is 104 Å². The minimum Gasteiger partial charge on any atom is -0.489 e. The van der Waals surface area contributed by atoms with Gasteiger partial charge in [0.05, 0.1) is 114 Å². The van der Waals surface area contributed by atoms with Crippen LogP contribution in [0.5, 0.6) is 17.2 Å². The number of nitrogens with zero attached hydrogens (tertiary/aromatic N) is 5. The van der Waals surface area contributed by atoms with Crippen molar-refractivity contribution in [1.82, 2.24) is 15.5 Å². The van der Waals surface area contributed by atoms with Crippen LogP contribution < -0.4 is 34.8 Å². The number of esters is 1. The van der Waals surface area contributed by atoms with Gasteiger partial charge < -0.3 is 53.0 Å². The number of carbonyl (C=O) groups is 5. The lowest BCUT2D eigenvalue weighted by molar-refractivity contribution is -0.191. The Bertz CT molecular complexity index is 6360. The van der Waals surface area contributed by atoms with E-state index in [1.54, 1.807) is 107 Å². The van der Waals surface area contributed by atoms with Gasteiger partial charge in [0, 0.05) is 45.2 Å². The predicted molar refractivity (Wildman–Crippen MR) is 472 cm³/mol. The number of fused-ring (bicyclic) bond motifs is 6. The Balaban J connectivity index is 0.000000124. The maximum atomic E-state index is 13.7. The standard InChI is InChI=1S/C31H23Cl3N2O5.C30H21Cl3N2O5.C23H18Cl2N2O3.C7H8BClO2.CO2/c1-39-29(37)19-9-7-17(13-24(19)34)36-25-10-8-18(14-21(25)31(11-12-31)30(36)38)40-15-20-27(35-41-28(20)16-5-6-16)26-22(32)3-2-4-23(26)33;31-21-2-1-3-22(32)25(21)26-19(27(40-34-26)15-4-5-15)14-39-17-7-9-24-20(13-17)30(10-11-30)29(38)35(24)16-6-8-18(28(36)37)23(33)12-16;24-16-2-1-3-17(25)19(16)20-14(21(30-27-20)12-4-5-12)11-29-13-6-7-18-15(10-13)23(8-9-23)22(28)26-18;1-5-2-3-6(8(10)11)4-7(5)9;2-1-3/h2-4,7-10,13-14,16H,5-6,11-12,15H2,1H3;1-3,6-9,12-13,15H,4-5,10-11,14H2,(H,36,37);1-3,6-7,10,12H,4-5,8-9,11H2,(H,26,28);2-4,10-11H,1H3;. The maximum Gasteiger partial charge on any atom is 0.488 e. The van der Waals surface area contributed by atoms with E-state index in [2.05, 4.69) is 20.8 Å². The topological polar surface area (TPSA) is 314 Å². The normalized spacial score (nSPS) is 16.2. The van der Waals surface area contributed by atoms with Crippen LogP contribution in [0.1, 0.15) is 172 Å². The van der Waals surface area contributed by atoms with Crippen molar-refractivity contribution in [2.75, 3.05) is 22.2 Å². The number of hydrogen-bond donors (Lipinski definition) is 4.